The predicted octanol–water partition coefficient (Wildman–Crippen LogP) is 7.21. The van der Waals surface area contributed by atoms with Gasteiger partial charge in [-0.2, -0.15) is 5.26 Å². The Labute approximate surface area is 210 Å². The summed E-state index contributed by atoms with van der Waals surface area (Å²) in [6.45, 7) is 2.80. The van der Waals surface area contributed by atoms with Crippen molar-refractivity contribution < 1.29 is 19.0 Å². The second-order valence-electron chi connectivity index (χ2n) is 7.61. The van der Waals surface area contributed by atoms with E-state index in [4.69, 9.17) is 25.8 Å². The van der Waals surface area contributed by atoms with E-state index in [2.05, 4.69) is 13.0 Å². The van der Waals surface area contributed by atoms with Crippen molar-refractivity contribution in [2.75, 3.05) is 13.7 Å². The molecule has 3 aromatic rings. The van der Waals surface area contributed by atoms with Gasteiger partial charge in [-0.05, 0) is 71.7 Å². The molecule has 5 nitrogen and oxygen atoms in total. The number of methoxy groups -OCH3 is 1. The van der Waals surface area contributed by atoms with E-state index in [0.717, 1.165) is 35.3 Å². The van der Waals surface area contributed by atoms with Crippen molar-refractivity contribution in [3.63, 3.8) is 0 Å². The fourth-order valence-electron chi connectivity index (χ4n) is 3.15. The molecule has 0 unspecified atom stereocenters. The van der Waals surface area contributed by atoms with Crippen LogP contribution in [0.25, 0.3) is 17.7 Å². The second kappa shape index (κ2) is 13.0. The molecule has 3 aromatic carbocycles. The van der Waals surface area contributed by atoms with Gasteiger partial charge in [0, 0.05) is 11.1 Å². The first-order chi connectivity index (χ1) is 17.0. The number of nitriles is 1. The van der Waals surface area contributed by atoms with Gasteiger partial charge in [-0.25, -0.2) is 4.79 Å². The monoisotopic (exact) mass is 487 g/mol. The Bertz CT molecular complexity index is 1240. The van der Waals surface area contributed by atoms with Crippen molar-refractivity contribution in [1.82, 2.24) is 0 Å². The van der Waals surface area contributed by atoms with Crippen LogP contribution in [0.3, 0.4) is 0 Å². The number of allylic oxidation sites excluding steroid dienone is 1. The van der Waals surface area contributed by atoms with Crippen LogP contribution < -0.4 is 14.2 Å². The lowest BCUT2D eigenvalue weighted by Crippen LogP contribution is -2.05. The van der Waals surface area contributed by atoms with E-state index in [1.807, 2.05) is 24.3 Å². The molecule has 0 bridgehead atoms. The molecule has 35 heavy (non-hydrogen) atoms. The van der Waals surface area contributed by atoms with Crippen molar-refractivity contribution in [2.24, 2.45) is 0 Å². The summed E-state index contributed by atoms with van der Waals surface area (Å²) in [7, 11) is 1.49. The highest BCUT2D eigenvalue weighted by atomic mass is 35.5. The van der Waals surface area contributed by atoms with Crippen molar-refractivity contribution in [3.8, 4) is 23.3 Å². The Hall–Kier alpha value is -4.01. The molecule has 0 saturated heterocycles. The third-order valence-electron chi connectivity index (χ3n) is 5.04. The predicted molar refractivity (Wildman–Crippen MR) is 139 cm³/mol. The molecule has 0 aliphatic rings. The van der Waals surface area contributed by atoms with Crippen LogP contribution in [0.15, 0.2) is 72.8 Å². The normalized spacial score (nSPS) is 11.2. The maximum absolute atomic E-state index is 12.4. The highest BCUT2D eigenvalue weighted by Crippen LogP contribution is 2.30. The van der Waals surface area contributed by atoms with E-state index in [0.29, 0.717) is 23.0 Å². The summed E-state index contributed by atoms with van der Waals surface area (Å²) in [5.41, 5.74) is 2.80. The number of carbonyl (C=O) groups excluding carboxylic acids is 1. The number of rotatable bonds is 10. The number of halogens is 1. The summed E-state index contributed by atoms with van der Waals surface area (Å²) >= 11 is 5.93. The fraction of sp³-hybridized carbons (Fsp3) is 0.172. The molecule has 0 N–H and O–H groups in total. The van der Waals surface area contributed by atoms with Crippen LogP contribution in [-0.2, 0) is 4.79 Å². The molecule has 0 atom stereocenters. The Morgan fingerprint density at radius 2 is 1.71 bits per heavy atom. The number of esters is 1. The average Bonchev–Trinajstić information content (AvgIpc) is 2.88. The number of carbonyl (C=O) groups is 1. The van der Waals surface area contributed by atoms with Crippen LogP contribution in [0.5, 0.6) is 17.2 Å². The van der Waals surface area contributed by atoms with Gasteiger partial charge in [0.25, 0.3) is 0 Å². The van der Waals surface area contributed by atoms with Crippen LogP contribution in [-0.4, -0.2) is 19.7 Å². The standard InChI is InChI=1S/C29H26ClNO4/c1-3-4-17-34-26-13-5-21(6-14-26)8-16-29(32)35-27-15-7-22(19-28(27)33-2)18-24(20-31)23-9-11-25(30)12-10-23/h5-16,18-19H,3-4,17H2,1-2H3/b16-8+,24-18+. The Balaban J connectivity index is 1.67. The van der Waals surface area contributed by atoms with Gasteiger partial charge in [-0.1, -0.05) is 55.3 Å². The first kappa shape index (κ1) is 25.6. The molecular weight excluding hydrogens is 462 g/mol. The second-order valence-corrected chi connectivity index (χ2v) is 8.05. The molecule has 0 amide bonds. The Kier molecular flexibility index (Phi) is 9.53. The molecule has 6 heteroatoms. The lowest BCUT2D eigenvalue weighted by molar-refractivity contribution is -0.129. The molecule has 178 valence electrons. The maximum Gasteiger partial charge on any atom is 0.336 e. The summed E-state index contributed by atoms with van der Waals surface area (Å²) in [5, 5.41) is 10.2. The largest absolute Gasteiger partial charge is 0.494 e. The zero-order valence-electron chi connectivity index (χ0n) is 19.7. The summed E-state index contributed by atoms with van der Waals surface area (Å²) < 4.78 is 16.5. The van der Waals surface area contributed by atoms with Gasteiger partial charge in [-0.15, -0.1) is 0 Å². The minimum atomic E-state index is -0.534. The van der Waals surface area contributed by atoms with Crippen LogP contribution >= 0.6 is 11.6 Å². The Morgan fingerprint density at radius 1 is 1.00 bits per heavy atom. The zero-order chi connectivity index (χ0) is 25.0. The number of ether oxygens (including phenoxy) is 3. The smallest absolute Gasteiger partial charge is 0.336 e. The van der Waals surface area contributed by atoms with E-state index in [9.17, 15) is 10.1 Å². The molecule has 0 heterocycles. The van der Waals surface area contributed by atoms with Crippen LogP contribution in [0.4, 0.5) is 0 Å². The van der Waals surface area contributed by atoms with Crippen LogP contribution in [0, 0.1) is 11.3 Å². The number of hydrogen-bond donors (Lipinski definition) is 0. The van der Waals surface area contributed by atoms with Gasteiger partial charge in [0.2, 0.25) is 0 Å². The lowest BCUT2D eigenvalue weighted by atomic mass is 10.0. The SMILES string of the molecule is CCCCOc1ccc(/C=C/C(=O)Oc2ccc(/C=C(\C#N)c3ccc(Cl)cc3)cc2OC)cc1. The molecule has 0 spiro atoms. The van der Waals surface area contributed by atoms with Gasteiger partial charge in [0.1, 0.15) is 5.75 Å². The van der Waals surface area contributed by atoms with Gasteiger partial charge >= 0.3 is 5.97 Å². The summed E-state index contributed by atoms with van der Waals surface area (Å²) in [4.78, 5) is 12.4. The highest BCUT2D eigenvalue weighted by Gasteiger charge is 2.10. The number of hydrogen-bond acceptors (Lipinski definition) is 5. The molecule has 0 saturated carbocycles. The third-order valence-corrected chi connectivity index (χ3v) is 5.30. The third kappa shape index (κ3) is 7.77. The molecule has 0 fully saturated rings. The van der Waals surface area contributed by atoms with Gasteiger partial charge in [-0.3, -0.25) is 0 Å². The topological polar surface area (TPSA) is 68.5 Å². The number of unbranched alkanes of at least 4 members (excludes halogenated alkanes) is 1. The fourth-order valence-corrected chi connectivity index (χ4v) is 3.28. The minimum absolute atomic E-state index is 0.281. The zero-order valence-corrected chi connectivity index (χ0v) is 20.4. The minimum Gasteiger partial charge on any atom is -0.494 e. The average molecular weight is 488 g/mol. The van der Waals surface area contributed by atoms with E-state index in [1.54, 1.807) is 54.6 Å². The first-order valence-corrected chi connectivity index (χ1v) is 11.6. The van der Waals surface area contributed by atoms with Crippen molar-refractivity contribution in [2.45, 2.75) is 19.8 Å². The molecule has 0 aliphatic carbocycles. The lowest BCUT2D eigenvalue weighted by Gasteiger charge is -2.09. The molecule has 0 radical (unpaired) electrons. The van der Waals surface area contributed by atoms with Crippen LogP contribution in [0.2, 0.25) is 5.02 Å². The number of nitrogens with zero attached hydrogens (tertiary/aromatic N) is 1. The first-order valence-electron chi connectivity index (χ1n) is 11.2. The van der Waals surface area contributed by atoms with E-state index in [-0.39, 0.29) is 5.75 Å². The molecule has 0 aromatic heterocycles. The quantitative estimate of drug-likeness (QED) is 0.0754. The van der Waals surface area contributed by atoms with Crippen molar-refractivity contribution >= 4 is 35.3 Å². The van der Waals surface area contributed by atoms with Crippen LogP contribution in [0.1, 0.15) is 36.5 Å². The van der Waals surface area contributed by atoms with Crippen molar-refractivity contribution in [1.29, 1.82) is 5.26 Å². The summed E-state index contributed by atoms with van der Waals surface area (Å²) in [5.74, 6) is 0.924. The summed E-state index contributed by atoms with van der Waals surface area (Å²) in [6, 6.07) is 21.8. The maximum atomic E-state index is 12.4. The van der Waals surface area contributed by atoms with E-state index < -0.39 is 5.97 Å². The molecular formula is C29H26ClNO4. The molecule has 0 aliphatic heterocycles. The van der Waals surface area contributed by atoms with E-state index in [1.165, 1.54) is 13.2 Å². The van der Waals surface area contributed by atoms with Gasteiger partial charge in [0.05, 0.1) is 25.4 Å². The van der Waals surface area contributed by atoms with Crippen molar-refractivity contribution in [3.05, 3.63) is 94.5 Å². The summed E-state index contributed by atoms with van der Waals surface area (Å²) in [6.07, 6.45) is 6.85. The van der Waals surface area contributed by atoms with E-state index >= 15 is 0 Å². The van der Waals surface area contributed by atoms with Gasteiger partial charge in [0.15, 0.2) is 11.5 Å². The number of benzene rings is 3. The highest BCUT2D eigenvalue weighted by molar-refractivity contribution is 6.30. The Morgan fingerprint density at radius 3 is 2.37 bits per heavy atom. The molecule has 3 rings (SSSR count). The van der Waals surface area contributed by atoms with Gasteiger partial charge < -0.3 is 14.2 Å².